The first-order chi connectivity index (χ1) is 10.8. The van der Waals surface area contributed by atoms with Crippen molar-refractivity contribution in [3.05, 3.63) is 66.2 Å². The summed E-state index contributed by atoms with van der Waals surface area (Å²) in [5, 5.41) is 11.9. The fourth-order valence-corrected chi connectivity index (χ4v) is 2.15. The fraction of sp³-hybridized carbons (Fsp3) is 0.235. The van der Waals surface area contributed by atoms with Crippen molar-refractivity contribution in [1.82, 2.24) is 10.7 Å². The summed E-state index contributed by atoms with van der Waals surface area (Å²) >= 11 is 0. The standard InChI is InChI=1S/C17H21N3O2/c21-13-7-12-16(14-8-3-1-4-9-14)18-17(22)20-19-15-10-5-2-6-11-15/h1-6,8-11,16,19,21H,7,12-13H2,(H2,18,20,22). The lowest BCUT2D eigenvalue weighted by Gasteiger charge is -2.19. The molecular weight excluding hydrogens is 278 g/mol. The Kier molecular flexibility index (Phi) is 6.26. The zero-order chi connectivity index (χ0) is 15.6. The van der Waals surface area contributed by atoms with Gasteiger partial charge in [0, 0.05) is 6.61 Å². The molecule has 0 spiro atoms. The van der Waals surface area contributed by atoms with E-state index >= 15 is 0 Å². The van der Waals surface area contributed by atoms with Crippen molar-refractivity contribution in [2.75, 3.05) is 12.0 Å². The topological polar surface area (TPSA) is 73.4 Å². The molecular formula is C17H21N3O2. The average Bonchev–Trinajstić information content (AvgIpc) is 2.58. The molecule has 4 N–H and O–H groups in total. The molecule has 2 rings (SSSR count). The third kappa shape index (κ3) is 5.10. The Morgan fingerprint density at radius 3 is 2.27 bits per heavy atom. The van der Waals surface area contributed by atoms with Gasteiger partial charge in [-0.2, -0.15) is 0 Å². The van der Waals surface area contributed by atoms with Crippen LogP contribution in [0.3, 0.4) is 0 Å². The Morgan fingerprint density at radius 1 is 1.00 bits per heavy atom. The van der Waals surface area contributed by atoms with E-state index in [4.69, 9.17) is 5.11 Å². The molecule has 2 amide bonds. The molecule has 5 nitrogen and oxygen atoms in total. The highest BCUT2D eigenvalue weighted by Crippen LogP contribution is 2.17. The van der Waals surface area contributed by atoms with Crippen LogP contribution >= 0.6 is 0 Å². The Hall–Kier alpha value is -2.53. The number of anilines is 1. The summed E-state index contributed by atoms with van der Waals surface area (Å²) in [6.45, 7) is 0.106. The number of aliphatic hydroxyl groups is 1. The molecule has 0 fully saturated rings. The highest BCUT2D eigenvalue weighted by molar-refractivity contribution is 5.76. The van der Waals surface area contributed by atoms with E-state index in [0.29, 0.717) is 12.8 Å². The first-order valence-corrected chi connectivity index (χ1v) is 7.33. The molecule has 0 aliphatic heterocycles. The predicted molar refractivity (Wildman–Crippen MR) is 87.2 cm³/mol. The molecule has 5 heteroatoms. The molecule has 0 aliphatic rings. The van der Waals surface area contributed by atoms with Gasteiger partial charge in [0.2, 0.25) is 0 Å². The average molecular weight is 299 g/mol. The van der Waals surface area contributed by atoms with Gasteiger partial charge < -0.3 is 10.4 Å². The molecule has 0 saturated heterocycles. The van der Waals surface area contributed by atoms with Crippen LogP contribution in [0.1, 0.15) is 24.4 Å². The minimum Gasteiger partial charge on any atom is -0.396 e. The van der Waals surface area contributed by atoms with Crippen LogP contribution in [-0.2, 0) is 0 Å². The van der Waals surface area contributed by atoms with Crippen LogP contribution in [0.5, 0.6) is 0 Å². The number of para-hydroxylation sites is 1. The monoisotopic (exact) mass is 299 g/mol. The molecule has 0 aliphatic carbocycles. The van der Waals surface area contributed by atoms with Gasteiger partial charge in [0.25, 0.3) is 0 Å². The van der Waals surface area contributed by atoms with Crippen molar-refractivity contribution in [2.45, 2.75) is 18.9 Å². The maximum atomic E-state index is 12.0. The summed E-state index contributed by atoms with van der Waals surface area (Å²) in [6.07, 6.45) is 1.31. The van der Waals surface area contributed by atoms with E-state index in [1.807, 2.05) is 60.7 Å². The maximum Gasteiger partial charge on any atom is 0.333 e. The molecule has 1 atom stereocenters. The van der Waals surface area contributed by atoms with Gasteiger partial charge >= 0.3 is 6.03 Å². The van der Waals surface area contributed by atoms with Crippen LogP contribution in [0.15, 0.2) is 60.7 Å². The zero-order valence-corrected chi connectivity index (χ0v) is 12.3. The van der Waals surface area contributed by atoms with Gasteiger partial charge in [0.15, 0.2) is 0 Å². The summed E-state index contributed by atoms with van der Waals surface area (Å²) in [6, 6.07) is 18.7. The van der Waals surface area contributed by atoms with Gasteiger partial charge in [-0.25, -0.2) is 4.79 Å². The fourth-order valence-electron chi connectivity index (χ4n) is 2.15. The lowest BCUT2D eigenvalue weighted by Crippen LogP contribution is -2.41. The van der Waals surface area contributed by atoms with E-state index in [9.17, 15) is 4.79 Å². The van der Waals surface area contributed by atoms with Crippen molar-refractivity contribution in [3.8, 4) is 0 Å². The normalized spacial score (nSPS) is 11.5. The number of carbonyl (C=O) groups excluding carboxylic acids is 1. The number of urea groups is 1. The molecule has 22 heavy (non-hydrogen) atoms. The van der Waals surface area contributed by atoms with Crippen molar-refractivity contribution in [3.63, 3.8) is 0 Å². The predicted octanol–water partition coefficient (Wildman–Crippen LogP) is 2.83. The number of aliphatic hydroxyl groups excluding tert-OH is 1. The van der Waals surface area contributed by atoms with E-state index in [-0.39, 0.29) is 18.7 Å². The summed E-state index contributed by atoms with van der Waals surface area (Å²) in [7, 11) is 0. The SMILES string of the molecule is O=C(NNc1ccccc1)NC(CCCO)c1ccccc1. The second kappa shape index (κ2) is 8.69. The van der Waals surface area contributed by atoms with Gasteiger partial charge in [0.1, 0.15) is 0 Å². The second-order valence-corrected chi connectivity index (χ2v) is 4.92. The Labute approximate surface area is 130 Å². The minimum absolute atomic E-state index is 0.106. The van der Waals surface area contributed by atoms with Crippen molar-refractivity contribution >= 4 is 11.7 Å². The molecule has 116 valence electrons. The van der Waals surface area contributed by atoms with Crippen LogP contribution in [0.4, 0.5) is 10.5 Å². The van der Waals surface area contributed by atoms with Crippen LogP contribution in [-0.4, -0.2) is 17.7 Å². The third-order valence-corrected chi connectivity index (χ3v) is 3.25. The van der Waals surface area contributed by atoms with E-state index in [0.717, 1.165) is 11.3 Å². The number of benzene rings is 2. The summed E-state index contributed by atoms with van der Waals surface area (Å²) < 4.78 is 0. The zero-order valence-electron chi connectivity index (χ0n) is 12.3. The Bertz CT molecular complexity index is 561. The molecule has 0 radical (unpaired) electrons. The van der Waals surface area contributed by atoms with Crippen molar-refractivity contribution in [2.24, 2.45) is 0 Å². The molecule has 1 unspecified atom stereocenters. The number of nitrogens with one attached hydrogen (secondary N) is 3. The van der Waals surface area contributed by atoms with E-state index in [2.05, 4.69) is 16.2 Å². The molecule has 0 bridgehead atoms. The van der Waals surface area contributed by atoms with Gasteiger partial charge in [-0.1, -0.05) is 48.5 Å². The largest absolute Gasteiger partial charge is 0.396 e. The number of carbonyl (C=O) groups is 1. The molecule has 0 heterocycles. The molecule has 0 aromatic heterocycles. The van der Waals surface area contributed by atoms with E-state index in [1.165, 1.54) is 0 Å². The quantitative estimate of drug-likeness (QED) is 0.594. The number of hydrazine groups is 1. The van der Waals surface area contributed by atoms with Crippen LogP contribution in [0.25, 0.3) is 0 Å². The minimum atomic E-state index is -0.310. The summed E-state index contributed by atoms with van der Waals surface area (Å²) in [5.41, 5.74) is 7.29. The number of amides is 2. The maximum absolute atomic E-state index is 12.0. The lowest BCUT2D eigenvalue weighted by molar-refractivity contribution is 0.235. The van der Waals surface area contributed by atoms with E-state index in [1.54, 1.807) is 0 Å². The highest BCUT2D eigenvalue weighted by atomic mass is 16.3. The lowest BCUT2D eigenvalue weighted by atomic mass is 10.0. The van der Waals surface area contributed by atoms with Crippen molar-refractivity contribution < 1.29 is 9.90 Å². The van der Waals surface area contributed by atoms with Gasteiger partial charge in [-0.3, -0.25) is 10.9 Å². The second-order valence-electron chi connectivity index (χ2n) is 4.92. The van der Waals surface area contributed by atoms with Crippen molar-refractivity contribution in [1.29, 1.82) is 0 Å². The third-order valence-electron chi connectivity index (χ3n) is 3.25. The first kappa shape index (κ1) is 15.9. The number of hydrogen-bond acceptors (Lipinski definition) is 3. The molecule has 2 aromatic rings. The highest BCUT2D eigenvalue weighted by Gasteiger charge is 2.13. The van der Waals surface area contributed by atoms with E-state index < -0.39 is 0 Å². The first-order valence-electron chi connectivity index (χ1n) is 7.33. The van der Waals surface area contributed by atoms with Crippen LogP contribution in [0.2, 0.25) is 0 Å². The molecule has 0 saturated carbocycles. The van der Waals surface area contributed by atoms with Gasteiger partial charge in [-0.15, -0.1) is 0 Å². The smallest absolute Gasteiger partial charge is 0.333 e. The van der Waals surface area contributed by atoms with Gasteiger partial charge in [-0.05, 0) is 30.5 Å². The van der Waals surface area contributed by atoms with Crippen LogP contribution < -0.4 is 16.2 Å². The Balaban J connectivity index is 1.90. The molecule has 2 aromatic carbocycles. The Morgan fingerprint density at radius 2 is 1.64 bits per heavy atom. The van der Waals surface area contributed by atoms with Crippen LogP contribution in [0, 0.1) is 0 Å². The summed E-state index contributed by atoms with van der Waals surface area (Å²) in [4.78, 5) is 12.0. The number of rotatable bonds is 7. The van der Waals surface area contributed by atoms with Gasteiger partial charge in [0.05, 0.1) is 11.7 Å². The summed E-state index contributed by atoms with van der Waals surface area (Å²) in [5.74, 6) is 0. The number of hydrogen-bond donors (Lipinski definition) is 4.